The van der Waals surface area contributed by atoms with Crippen LogP contribution in [0.5, 0.6) is 0 Å². The fourth-order valence-electron chi connectivity index (χ4n) is 2.54. The minimum absolute atomic E-state index is 0.441. The molecule has 1 aliphatic rings. The maximum Gasteiger partial charge on any atom is 0.116 e. The fraction of sp³-hybridized carbons (Fsp3) is 0.400. The monoisotopic (exact) mass is 241 g/mol. The molecule has 0 bridgehead atoms. The smallest absolute Gasteiger partial charge is 0.116 e. The lowest BCUT2D eigenvalue weighted by atomic mass is 10.1. The van der Waals surface area contributed by atoms with E-state index in [9.17, 15) is 0 Å². The van der Waals surface area contributed by atoms with E-state index in [2.05, 4.69) is 54.0 Å². The second-order valence-corrected chi connectivity index (χ2v) is 5.11. The van der Waals surface area contributed by atoms with Crippen molar-refractivity contribution >= 4 is 11.1 Å². The van der Waals surface area contributed by atoms with Gasteiger partial charge in [-0.3, -0.25) is 0 Å². The molecule has 1 aliphatic heterocycles. The summed E-state index contributed by atoms with van der Waals surface area (Å²) < 4.78 is 2.23. The lowest BCUT2D eigenvalue weighted by Gasteiger charge is -2.12. The van der Waals surface area contributed by atoms with Crippen LogP contribution >= 0.6 is 0 Å². The highest BCUT2D eigenvalue weighted by atomic mass is 15.0. The van der Waals surface area contributed by atoms with E-state index < -0.39 is 0 Å². The van der Waals surface area contributed by atoms with Gasteiger partial charge in [0.25, 0.3) is 0 Å². The van der Waals surface area contributed by atoms with Crippen LogP contribution in [0.2, 0.25) is 0 Å². The van der Waals surface area contributed by atoms with E-state index in [1.165, 1.54) is 16.8 Å². The predicted octanol–water partition coefficient (Wildman–Crippen LogP) is 2.83. The number of pyridine rings is 1. The van der Waals surface area contributed by atoms with Gasteiger partial charge in [0.05, 0.1) is 11.2 Å². The Kier molecular flexibility index (Phi) is 2.92. The summed E-state index contributed by atoms with van der Waals surface area (Å²) in [6.07, 6.45) is 5.45. The zero-order chi connectivity index (χ0) is 12.5. The average molecular weight is 241 g/mol. The number of fused-ring (bicyclic) bond motifs is 1. The second-order valence-electron chi connectivity index (χ2n) is 5.11. The Morgan fingerprint density at radius 2 is 2.22 bits per heavy atom. The van der Waals surface area contributed by atoms with Gasteiger partial charge in [-0.25, -0.2) is 4.98 Å². The van der Waals surface area contributed by atoms with E-state index in [-0.39, 0.29) is 0 Å². The van der Waals surface area contributed by atoms with E-state index in [0.717, 1.165) is 25.3 Å². The molecule has 0 aliphatic carbocycles. The first-order valence-electron chi connectivity index (χ1n) is 6.64. The van der Waals surface area contributed by atoms with Crippen molar-refractivity contribution < 1.29 is 0 Å². The summed E-state index contributed by atoms with van der Waals surface area (Å²) in [4.78, 5) is 4.88. The summed E-state index contributed by atoms with van der Waals surface area (Å²) in [6.45, 7) is 6.40. The molecule has 0 atom stereocenters. The maximum absolute atomic E-state index is 4.88. The minimum atomic E-state index is 0.441. The molecule has 94 valence electrons. The Labute approximate surface area is 108 Å². The zero-order valence-corrected chi connectivity index (χ0v) is 11.0. The average Bonchev–Trinajstić information content (AvgIpc) is 2.79. The van der Waals surface area contributed by atoms with Gasteiger partial charge in [-0.15, -0.1) is 0 Å². The first kappa shape index (κ1) is 11.5. The molecule has 0 fully saturated rings. The highest BCUT2D eigenvalue weighted by Crippen LogP contribution is 2.27. The largest absolute Gasteiger partial charge is 0.313 e. The third-order valence-corrected chi connectivity index (χ3v) is 3.46. The van der Waals surface area contributed by atoms with Crippen LogP contribution in [-0.2, 0) is 0 Å². The molecule has 0 aromatic carbocycles. The molecule has 0 amide bonds. The van der Waals surface area contributed by atoms with Crippen LogP contribution < -0.4 is 5.32 Å². The van der Waals surface area contributed by atoms with Crippen molar-refractivity contribution in [2.75, 3.05) is 13.1 Å². The van der Waals surface area contributed by atoms with E-state index in [0.29, 0.717) is 5.92 Å². The highest BCUT2D eigenvalue weighted by Gasteiger charge is 2.16. The lowest BCUT2D eigenvalue weighted by Crippen LogP contribution is -2.20. The summed E-state index contributed by atoms with van der Waals surface area (Å²) in [5, 5.41) is 3.35. The van der Waals surface area contributed by atoms with Gasteiger partial charge < -0.3 is 9.72 Å². The van der Waals surface area contributed by atoms with Crippen LogP contribution in [0.3, 0.4) is 0 Å². The van der Waals surface area contributed by atoms with Gasteiger partial charge >= 0.3 is 0 Å². The van der Waals surface area contributed by atoms with Crippen LogP contribution in [0.25, 0.3) is 11.1 Å². The van der Waals surface area contributed by atoms with Gasteiger partial charge in [-0.05, 0) is 30.7 Å². The number of rotatable bonds is 2. The van der Waals surface area contributed by atoms with E-state index in [1.807, 2.05) is 0 Å². The van der Waals surface area contributed by atoms with Crippen molar-refractivity contribution in [1.82, 2.24) is 14.7 Å². The van der Waals surface area contributed by atoms with Crippen LogP contribution in [0, 0.1) is 0 Å². The number of hydrogen-bond acceptors (Lipinski definition) is 2. The Morgan fingerprint density at radius 1 is 1.33 bits per heavy atom. The quantitative estimate of drug-likeness (QED) is 0.876. The van der Waals surface area contributed by atoms with Crippen LogP contribution in [0.1, 0.15) is 37.7 Å². The van der Waals surface area contributed by atoms with Gasteiger partial charge in [-0.2, -0.15) is 0 Å². The standard InChI is InChI=1S/C15H19N3/c1-11(2)15-17-14(12-6-8-16-9-7-12)13-5-3-4-10-18(13)15/h3-6,10-11,16H,7-9H2,1-2H3. The van der Waals surface area contributed by atoms with Crippen molar-refractivity contribution in [1.29, 1.82) is 0 Å². The highest BCUT2D eigenvalue weighted by molar-refractivity contribution is 5.77. The van der Waals surface area contributed by atoms with Crippen molar-refractivity contribution in [2.24, 2.45) is 0 Å². The molecule has 1 N–H and O–H groups in total. The molecular weight excluding hydrogens is 222 g/mol. The molecule has 3 heteroatoms. The third kappa shape index (κ3) is 1.85. The molecular formula is C15H19N3. The van der Waals surface area contributed by atoms with Crippen LogP contribution in [0.15, 0.2) is 30.5 Å². The topological polar surface area (TPSA) is 29.3 Å². The van der Waals surface area contributed by atoms with Gasteiger partial charge in [0.15, 0.2) is 0 Å². The summed E-state index contributed by atoms with van der Waals surface area (Å²) in [5.41, 5.74) is 3.78. The minimum Gasteiger partial charge on any atom is -0.313 e. The number of imidazole rings is 1. The zero-order valence-electron chi connectivity index (χ0n) is 11.0. The first-order chi connectivity index (χ1) is 8.77. The van der Waals surface area contributed by atoms with Gasteiger partial charge in [0, 0.05) is 18.7 Å². The number of nitrogens with zero attached hydrogens (tertiary/aromatic N) is 2. The Morgan fingerprint density at radius 3 is 2.94 bits per heavy atom. The Bertz CT molecular complexity index is 593. The SMILES string of the molecule is CC(C)c1nc(C2=CCNCC2)c2ccccn12. The molecule has 3 nitrogen and oxygen atoms in total. The number of aromatic nitrogens is 2. The normalized spacial score (nSPS) is 16.3. The Balaban J connectivity index is 2.20. The molecule has 0 spiro atoms. The number of hydrogen-bond donors (Lipinski definition) is 1. The molecule has 2 aromatic rings. The van der Waals surface area contributed by atoms with Crippen LogP contribution in [0.4, 0.5) is 0 Å². The first-order valence-corrected chi connectivity index (χ1v) is 6.64. The van der Waals surface area contributed by atoms with Crippen molar-refractivity contribution in [3.05, 3.63) is 42.0 Å². The van der Waals surface area contributed by atoms with E-state index in [1.54, 1.807) is 0 Å². The van der Waals surface area contributed by atoms with Crippen molar-refractivity contribution in [3.8, 4) is 0 Å². The summed E-state index contributed by atoms with van der Waals surface area (Å²) in [6, 6.07) is 6.32. The lowest BCUT2D eigenvalue weighted by molar-refractivity contribution is 0.735. The molecule has 3 heterocycles. The summed E-state index contributed by atoms with van der Waals surface area (Å²) >= 11 is 0. The maximum atomic E-state index is 4.88. The second kappa shape index (κ2) is 4.58. The molecule has 0 radical (unpaired) electrons. The summed E-state index contributed by atoms with van der Waals surface area (Å²) in [5.74, 6) is 1.59. The van der Waals surface area contributed by atoms with Crippen LogP contribution in [-0.4, -0.2) is 22.5 Å². The van der Waals surface area contributed by atoms with E-state index in [4.69, 9.17) is 4.98 Å². The van der Waals surface area contributed by atoms with Crippen molar-refractivity contribution in [3.63, 3.8) is 0 Å². The third-order valence-electron chi connectivity index (χ3n) is 3.46. The van der Waals surface area contributed by atoms with Crippen molar-refractivity contribution in [2.45, 2.75) is 26.2 Å². The summed E-state index contributed by atoms with van der Waals surface area (Å²) in [7, 11) is 0. The van der Waals surface area contributed by atoms with Gasteiger partial charge in [-0.1, -0.05) is 26.0 Å². The predicted molar refractivity (Wildman–Crippen MR) is 74.7 cm³/mol. The Hall–Kier alpha value is -1.61. The molecule has 2 aromatic heterocycles. The van der Waals surface area contributed by atoms with E-state index >= 15 is 0 Å². The molecule has 18 heavy (non-hydrogen) atoms. The molecule has 0 saturated carbocycles. The van der Waals surface area contributed by atoms with Gasteiger partial charge in [0.2, 0.25) is 0 Å². The molecule has 0 unspecified atom stereocenters. The molecule has 0 saturated heterocycles. The number of nitrogens with one attached hydrogen (secondary N) is 1. The molecule has 3 rings (SSSR count). The van der Waals surface area contributed by atoms with Gasteiger partial charge in [0.1, 0.15) is 5.82 Å². The fourth-order valence-corrected chi connectivity index (χ4v) is 2.54.